The van der Waals surface area contributed by atoms with E-state index in [1.165, 1.54) is 24.2 Å². The smallest absolute Gasteiger partial charge is 0.141 e. The minimum atomic E-state index is 0.820. The molecule has 0 fully saturated rings. The van der Waals surface area contributed by atoms with Crippen LogP contribution in [-0.2, 0) is 26.3 Å². The van der Waals surface area contributed by atoms with Crippen LogP contribution in [0.5, 0.6) is 0 Å². The summed E-state index contributed by atoms with van der Waals surface area (Å²) in [6.45, 7) is 4.42. The fourth-order valence-electron chi connectivity index (χ4n) is 3.02. The molecule has 0 aliphatic heterocycles. The molecule has 1 aliphatic rings. The van der Waals surface area contributed by atoms with Crippen molar-refractivity contribution >= 4 is 0 Å². The van der Waals surface area contributed by atoms with Gasteiger partial charge in [-0.3, -0.25) is 4.68 Å². The Balaban J connectivity index is 1.96. The van der Waals surface area contributed by atoms with E-state index in [2.05, 4.69) is 30.1 Å². The topological polar surface area (TPSA) is 46.5 Å². The Bertz CT molecular complexity index is 579. The Morgan fingerprint density at radius 3 is 3.00 bits per heavy atom. The van der Waals surface area contributed by atoms with Gasteiger partial charge in [0.05, 0.1) is 17.0 Å². The number of aromatic nitrogens is 4. The third kappa shape index (κ3) is 2.20. The van der Waals surface area contributed by atoms with Crippen molar-refractivity contribution < 1.29 is 0 Å². The standard InChI is InChI=1S/C15H22N4/c1-4-10-6-7-13-14(8-10)17-15(16-13)11-9-19(3)18-12(11)5-2/h9-10H,4-8H2,1-3H3,(H,16,17). The maximum atomic E-state index is 4.80. The molecule has 1 atom stereocenters. The molecule has 1 unspecified atom stereocenters. The first-order valence-electron chi connectivity index (χ1n) is 7.31. The third-order valence-electron chi connectivity index (χ3n) is 4.22. The summed E-state index contributed by atoms with van der Waals surface area (Å²) < 4.78 is 1.88. The maximum absolute atomic E-state index is 4.80. The van der Waals surface area contributed by atoms with Gasteiger partial charge in [0.2, 0.25) is 0 Å². The summed E-state index contributed by atoms with van der Waals surface area (Å²) in [5.41, 5.74) is 4.90. The highest BCUT2D eigenvalue weighted by molar-refractivity contribution is 5.58. The molecule has 2 aromatic rings. The first-order valence-corrected chi connectivity index (χ1v) is 7.31. The van der Waals surface area contributed by atoms with Crippen LogP contribution in [0.1, 0.15) is 43.8 Å². The van der Waals surface area contributed by atoms with Crippen LogP contribution >= 0.6 is 0 Å². The molecule has 0 bridgehead atoms. The number of nitrogens with one attached hydrogen (secondary N) is 1. The molecule has 0 radical (unpaired) electrons. The van der Waals surface area contributed by atoms with Crippen LogP contribution in [0.3, 0.4) is 0 Å². The summed E-state index contributed by atoms with van der Waals surface area (Å²) in [5.74, 6) is 1.83. The zero-order valence-electron chi connectivity index (χ0n) is 12.0. The maximum Gasteiger partial charge on any atom is 0.141 e. The van der Waals surface area contributed by atoms with Gasteiger partial charge < -0.3 is 4.98 Å². The molecule has 4 nitrogen and oxygen atoms in total. The largest absolute Gasteiger partial charge is 0.342 e. The van der Waals surface area contributed by atoms with Gasteiger partial charge >= 0.3 is 0 Å². The third-order valence-corrected chi connectivity index (χ3v) is 4.22. The monoisotopic (exact) mass is 258 g/mol. The molecule has 0 aromatic carbocycles. The number of imidazole rings is 1. The van der Waals surface area contributed by atoms with Crippen molar-refractivity contribution in [3.8, 4) is 11.4 Å². The molecule has 19 heavy (non-hydrogen) atoms. The number of fused-ring (bicyclic) bond motifs is 1. The average Bonchev–Trinajstić information content (AvgIpc) is 3.00. The molecule has 1 N–H and O–H groups in total. The molecular formula is C15H22N4. The predicted molar refractivity (Wildman–Crippen MR) is 76.0 cm³/mol. The Hall–Kier alpha value is -1.58. The van der Waals surface area contributed by atoms with Gasteiger partial charge in [-0.2, -0.15) is 5.10 Å². The quantitative estimate of drug-likeness (QED) is 0.920. The molecule has 4 heteroatoms. The van der Waals surface area contributed by atoms with Gasteiger partial charge in [0.15, 0.2) is 0 Å². The van der Waals surface area contributed by atoms with E-state index in [4.69, 9.17) is 4.98 Å². The van der Waals surface area contributed by atoms with E-state index < -0.39 is 0 Å². The number of nitrogens with zero attached hydrogens (tertiary/aromatic N) is 3. The molecule has 2 aromatic heterocycles. The number of aromatic amines is 1. The fourth-order valence-corrected chi connectivity index (χ4v) is 3.02. The van der Waals surface area contributed by atoms with Crippen molar-refractivity contribution in [3.05, 3.63) is 23.3 Å². The van der Waals surface area contributed by atoms with Gasteiger partial charge in [0.25, 0.3) is 0 Å². The van der Waals surface area contributed by atoms with E-state index >= 15 is 0 Å². The molecule has 0 saturated heterocycles. The summed E-state index contributed by atoms with van der Waals surface area (Å²) in [6.07, 6.45) is 7.83. The van der Waals surface area contributed by atoms with Crippen molar-refractivity contribution in [2.75, 3.05) is 0 Å². The first-order chi connectivity index (χ1) is 9.21. The lowest BCUT2D eigenvalue weighted by Crippen LogP contribution is -2.12. The van der Waals surface area contributed by atoms with Crippen molar-refractivity contribution in [2.45, 2.75) is 46.0 Å². The Labute approximate surface area is 114 Å². The minimum Gasteiger partial charge on any atom is -0.342 e. The number of H-pyrrole nitrogens is 1. The molecule has 0 spiro atoms. The zero-order chi connectivity index (χ0) is 13.4. The molecular weight excluding hydrogens is 236 g/mol. The zero-order valence-corrected chi connectivity index (χ0v) is 12.0. The van der Waals surface area contributed by atoms with Crippen molar-refractivity contribution in [3.63, 3.8) is 0 Å². The molecule has 0 amide bonds. The lowest BCUT2D eigenvalue weighted by molar-refractivity contribution is 0.438. The number of hydrogen-bond acceptors (Lipinski definition) is 2. The van der Waals surface area contributed by atoms with E-state index in [1.54, 1.807) is 0 Å². The highest BCUT2D eigenvalue weighted by Gasteiger charge is 2.22. The second-order valence-electron chi connectivity index (χ2n) is 5.54. The Morgan fingerprint density at radius 1 is 1.42 bits per heavy atom. The van der Waals surface area contributed by atoms with Crippen LogP contribution in [-0.4, -0.2) is 19.7 Å². The van der Waals surface area contributed by atoms with E-state index in [0.29, 0.717) is 0 Å². The van der Waals surface area contributed by atoms with Gasteiger partial charge in [0.1, 0.15) is 5.82 Å². The van der Waals surface area contributed by atoms with Crippen LogP contribution in [0.4, 0.5) is 0 Å². The highest BCUT2D eigenvalue weighted by Crippen LogP contribution is 2.29. The van der Waals surface area contributed by atoms with Crippen LogP contribution in [0.2, 0.25) is 0 Å². The van der Waals surface area contributed by atoms with Gasteiger partial charge in [-0.05, 0) is 31.6 Å². The Morgan fingerprint density at radius 2 is 2.26 bits per heavy atom. The second-order valence-corrected chi connectivity index (χ2v) is 5.54. The summed E-state index contributed by atoms with van der Waals surface area (Å²) in [7, 11) is 1.97. The van der Waals surface area contributed by atoms with Gasteiger partial charge in [-0.1, -0.05) is 20.3 Å². The van der Waals surface area contributed by atoms with Crippen LogP contribution < -0.4 is 0 Å². The predicted octanol–water partition coefficient (Wildman–Crippen LogP) is 2.89. The summed E-state index contributed by atoms with van der Waals surface area (Å²) in [4.78, 5) is 8.34. The SMILES string of the molecule is CCc1nn(C)cc1-c1nc2c([nH]1)CC(CC)CC2. The summed E-state index contributed by atoms with van der Waals surface area (Å²) in [6, 6.07) is 0. The molecule has 1 aliphatic carbocycles. The van der Waals surface area contributed by atoms with E-state index in [1.807, 2.05) is 11.7 Å². The second kappa shape index (κ2) is 4.83. The Kier molecular flexibility index (Phi) is 3.17. The van der Waals surface area contributed by atoms with Crippen LogP contribution in [0.15, 0.2) is 6.20 Å². The van der Waals surface area contributed by atoms with Gasteiger partial charge in [-0.25, -0.2) is 4.98 Å². The molecule has 3 rings (SSSR count). The normalized spacial score (nSPS) is 18.6. The van der Waals surface area contributed by atoms with E-state index in [9.17, 15) is 0 Å². The lowest BCUT2D eigenvalue weighted by atomic mass is 9.88. The lowest BCUT2D eigenvalue weighted by Gasteiger charge is -2.18. The minimum absolute atomic E-state index is 0.820. The first kappa shape index (κ1) is 12.5. The van der Waals surface area contributed by atoms with E-state index in [-0.39, 0.29) is 0 Å². The van der Waals surface area contributed by atoms with Gasteiger partial charge in [0, 0.05) is 18.9 Å². The fraction of sp³-hybridized carbons (Fsp3) is 0.600. The van der Waals surface area contributed by atoms with Crippen LogP contribution in [0, 0.1) is 5.92 Å². The summed E-state index contributed by atoms with van der Waals surface area (Å²) >= 11 is 0. The van der Waals surface area contributed by atoms with Crippen molar-refractivity contribution in [1.29, 1.82) is 0 Å². The van der Waals surface area contributed by atoms with Crippen molar-refractivity contribution in [1.82, 2.24) is 19.7 Å². The molecule has 2 heterocycles. The van der Waals surface area contributed by atoms with Crippen LogP contribution in [0.25, 0.3) is 11.4 Å². The molecule has 0 saturated carbocycles. The van der Waals surface area contributed by atoms with Crippen molar-refractivity contribution in [2.24, 2.45) is 13.0 Å². The van der Waals surface area contributed by atoms with E-state index in [0.717, 1.165) is 42.3 Å². The number of aryl methyl sites for hydroxylation is 3. The summed E-state index contributed by atoms with van der Waals surface area (Å²) in [5, 5.41) is 4.50. The molecule has 102 valence electrons. The highest BCUT2D eigenvalue weighted by atomic mass is 15.3. The number of hydrogen-bond donors (Lipinski definition) is 1. The van der Waals surface area contributed by atoms with Gasteiger partial charge in [-0.15, -0.1) is 0 Å². The number of rotatable bonds is 3. The average molecular weight is 258 g/mol.